The lowest BCUT2D eigenvalue weighted by Crippen LogP contribution is -2.05. The number of anilines is 1. The SMILES string of the molecule is CC(C)COc1cccc(NCc2cc(Br)ccc2F)c1. The van der Waals surface area contributed by atoms with Crippen molar-refractivity contribution < 1.29 is 9.13 Å². The zero-order valence-corrected chi connectivity index (χ0v) is 13.8. The number of benzene rings is 2. The molecular weight excluding hydrogens is 333 g/mol. The summed E-state index contributed by atoms with van der Waals surface area (Å²) < 4.78 is 20.2. The predicted molar refractivity (Wildman–Crippen MR) is 88.2 cm³/mol. The molecule has 0 aromatic heterocycles. The van der Waals surface area contributed by atoms with Crippen molar-refractivity contribution in [2.75, 3.05) is 11.9 Å². The monoisotopic (exact) mass is 351 g/mol. The van der Waals surface area contributed by atoms with Gasteiger partial charge in [0.05, 0.1) is 6.61 Å². The van der Waals surface area contributed by atoms with Gasteiger partial charge in [-0.3, -0.25) is 0 Å². The van der Waals surface area contributed by atoms with E-state index in [1.165, 1.54) is 6.07 Å². The molecule has 1 N–H and O–H groups in total. The highest BCUT2D eigenvalue weighted by Gasteiger charge is 2.04. The van der Waals surface area contributed by atoms with Crippen LogP contribution in [-0.4, -0.2) is 6.61 Å². The Hall–Kier alpha value is -1.55. The molecule has 0 atom stereocenters. The Morgan fingerprint density at radius 3 is 2.76 bits per heavy atom. The topological polar surface area (TPSA) is 21.3 Å². The van der Waals surface area contributed by atoms with Crippen LogP contribution in [0.2, 0.25) is 0 Å². The molecule has 0 saturated heterocycles. The molecule has 0 spiro atoms. The van der Waals surface area contributed by atoms with Crippen LogP contribution in [0.25, 0.3) is 0 Å². The number of hydrogen-bond donors (Lipinski definition) is 1. The molecular formula is C17H19BrFNO. The van der Waals surface area contributed by atoms with Crippen molar-refractivity contribution in [1.29, 1.82) is 0 Å². The first-order valence-corrected chi connectivity index (χ1v) is 7.74. The number of rotatable bonds is 6. The molecule has 112 valence electrons. The maximum Gasteiger partial charge on any atom is 0.128 e. The number of hydrogen-bond acceptors (Lipinski definition) is 2. The fourth-order valence-electron chi connectivity index (χ4n) is 1.83. The van der Waals surface area contributed by atoms with E-state index >= 15 is 0 Å². The lowest BCUT2D eigenvalue weighted by Gasteiger charge is -2.12. The van der Waals surface area contributed by atoms with Crippen LogP contribution in [0.3, 0.4) is 0 Å². The van der Waals surface area contributed by atoms with Crippen LogP contribution >= 0.6 is 15.9 Å². The van der Waals surface area contributed by atoms with Crippen molar-refractivity contribution >= 4 is 21.6 Å². The van der Waals surface area contributed by atoms with Gasteiger partial charge in [0.1, 0.15) is 11.6 Å². The van der Waals surface area contributed by atoms with Gasteiger partial charge in [0, 0.05) is 28.3 Å². The summed E-state index contributed by atoms with van der Waals surface area (Å²) in [6.07, 6.45) is 0. The summed E-state index contributed by atoms with van der Waals surface area (Å²) in [6.45, 7) is 5.33. The zero-order chi connectivity index (χ0) is 15.2. The van der Waals surface area contributed by atoms with E-state index in [4.69, 9.17) is 4.74 Å². The zero-order valence-electron chi connectivity index (χ0n) is 12.2. The molecule has 2 nitrogen and oxygen atoms in total. The van der Waals surface area contributed by atoms with Gasteiger partial charge in [-0.15, -0.1) is 0 Å². The maximum atomic E-state index is 13.7. The van der Waals surface area contributed by atoms with Gasteiger partial charge in [-0.2, -0.15) is 0 Å². The molecule has 0 heterocycles. The van der Waals surface area contributed by atoms with Crippen LogP contribution < -0.4 is 10.1 Å². The van der Waals surface area contributed by atoms with Crippen molar-refractivity contribution in [2.24, 2.45) is 5.92 Å². The van der Waals surface area contributed by atoms with Gasteiger partial charge in [-0.25, -0.2) is 4.39 Å². The van der Waals surface area contributed by atoms with Crippen LogP contribution in [0.4, 0.5) is 10.1 Å². The third kappa shape index (κ3) is 5.05. The minimum atomic E-state index is -0.210. The largest absolute Gasteiger partial charge is 0.493 e. The first kappa shape index (κ1) is 15.8. The minimum Gasteiger partial charge on any atom is -0.493 e. The highest BCUT2D eigenvalue weighted by atomic mass is 79.9. The summed E-state index contributed by atoms with van der Waals surface area (Å²) in [5, 5.41) is 3.22. The highest BCUT2D eigenvalue weighted by molar-refractivity contribution is 9.10. The molecule has 0 unspecified atom stereocenters. The standard InChI is InChI=1S/C17H19BrFNO/c1-12(2)11-21-16-5-3-4-15(9-16)20-10-13-8-14(18)6-7-17(13)19/h3-9,12,20H,10-11H2,1-2H3. The van der Waals surface area contributed by atoms with E-state index < -0.39 is 0 Å². The van der Waals surface area contributed by atoms with Gasteiger partial charge in [-0.1, -0.05) is 35.8 Å². The molecule has 21 heavy (non-hydrogen) atoms. The van der Waals surface area contributed by atoms with E-state index in [9.17, 15) is 4.39 Å². The lowest BCUT2D eigenvalue weighted by atomic mass is 10.2. The van der Waals surface area contributed by atoms with E-state index in [-0.39, 0.29) is 5.82 Å². The fourth-order valence-corrected chi connectivity index (χ4v) is 2.24. The molecule has 2 aromatic rings. The Balaban J connectivity index is 1.99. The summed E-state index contributed by atoms with van der Waals surface area (Å²) in [5.74, 6) is 1.10. The molecule has 2 rings (SSSR count). The second kappa shape index (κ2) is 7.46. The first-order chi connectivity index (χ1) is 10.0. The van der Waals surface area contributed by atoms with Crippen LogP contribution in [0.15, 0.2) is 46.9 Å². The van der Waals surface area contributed by atoms with E-state index in [1.54, 1.807) is 12.1 Å². The average Bonchev–Trinajstić information content (AvgIpc) is 2.46. The summed E-state index contributed by atoms with van der Waals surface area (Å²) in [7, 11) is 0. The van der Waals surface area contributed by atoms with Crippen LogP contribution in [0, 0.1) is 11.7 Å². The van der Waals surface area contributed by atoms with Crippen LogP contribution in [-0.2, 0) is 6.54 Å². The average molecular weight is 352 g/mol. The quantitative estimate of drug-likeness (QED) is 0.768. The van der Waals surface area contributed by atoms with Crippen LogP contribution in [0.5, 0.6) is 5.75 Å². The third-order valence-corrected chi connectivity index (χ3v) is 3.40. The first-order valence-electron chi connectivity index (χ1n) is 6.95. The minimum absolute atomic E-state index is 0.210. The smallest absolute Gasteiger partial charge is 0.128 e. The van der Waals surface area contributed by atoms with Crippen molar-refractivity contribution in [2.45, 2.75) is 20.4 Å². The fraction of sp³-hybridized carbons (Fsp3) is 0.294. The van der Waals surface area contributed by atoms with Crippen molar-refractivity contribution in [3.8, 4) is 5.75 Å². The second-order valence-electron chi connectivity index (χ2n) is 5.32. The molecule has 0 fully saturated rings. The van der Waals surface area contributed by atoms with E-state index in [1.807, 2.05) is 24.3 Å². The second-order valence-corrected chi connectivity index (χ2v) is 6.24. The van der Waals surface area contributed by atoms with E-state index in [0.29, 0.717) is 24.6 Å². The Bertz CT molecular complexity index is 601. The molecule has 0 bridgehead atoms. The van der Waals surface area contributed by atoms with E-state index in [2.05, 4.69) is 35.1 Å². The van der Waals surface area contributed by atoms with Crippen molar-refractivity contribution in [3.63, 3.8) is 0 Å². The molecule has 0 aliphatic rings. The van der Waals surface area contributed by atoms with Gasteiger partial charge < -0.3 is 10.1 Å². The van der Waals surface area contributed by atoms with Gasteiger partial charge >= 0.3 is 0 Å². The van der Waals surface area contributed by atoms with Gasteiger partial charge in [0.2, 0.25) is 0 Å². The van der Waals surface area contributed by atoms with Crippen LogP contribution in [0.1, 0.15) is 19.4 Å². The number of halogens is 2. The van der Waals surface area contributed by atoms with Gasteiger partial charge in [0.25, 0.3) is 0 Å². The Kier molecular flexibility index (Phi) is 5.62. The van der Waals surface area contributed by atoms with E-state index in [0.717, 1.165) is 15.9 Å². The molecule has 0 aliphatic heterocycles. The normalized spacial score (nSPS) is 10.7. The van der Waals surface area contributed by atoms with Gasteiger partial charge in [0.15, 0.2) is 0 Å². The summed E-state index contributed by atoms with van der Waals surface area (Å²) >= 11 is 3.35. The third-order valence-electron chi connectivity index (χ3n) is 2.91. The molecule has 0 saturated carbocycles. The molecule has 0 aliphatic carbocycles. The summed E-state index contributed by atoms with van der Waals surface area (Å²) in [4.78, 5) is 0. The summed E-state index contributed by atoms with van der Waals surface area (Å²) in [5.41, 5.74) is 1.54. The molecule has 0 radical (unpaired) electrons. The molecule has 0 amide bonds. The van der Waals surface area contributed by atoms with Crippen molar-refractivity contribution in [1.82, 2.24) is 0 Å². The molecule has 2 aromatic carbocycles. The number of ether oxygens (including phenoxy) is 1. The lowest BCUT2D eigenvalue weighted by molar-refractivity contribution is 0.271. The number of nitrogens with one attached hydrogen (secondary N) is 1. The molecule has 4 heteroatoms. The Morgan fingerprint density at radius 2 is 2.00 bits per heavy atom. The Morgan fingerprint density at radius 1 is 1.19 bits per heavy atom. The Labute approximate surface area is 133 Å². The highest BCUT2D eigenvalue weighted by Crippen LogP contribution is 2.20. The van der Waals surface area contributed by atoms with Gasteiger partial charge in [-0.05, 0) is 36.2 Å². The summed E-state index contributed by atoms with van der Waals surface area (Å²) in [6, 6.07) is 12.7. The predicted octanol–water partition coefficient (Wildman–Crippen LogP) is 5.24. The maximum absolute atomic E-state index is 13.7. The van der Waals surface area contributed by atoms with Crippen molar-refractivity contribution in [3.05, 3.63) is 58.3 Å².